The molecule has 0 atom stereocenters. The van der Waals surface area contributed by atoms with Gasteiger partial charge in [0.25, 0.3) is 5.91 Å². The highest BCUT2D eigenvalue weighted by Gasteiger charge is 2.19. The SMILES string of the molecule is CCCc1c(C(=O)N(C)CCNC)cnn1Cc1ccccc1.Cl. The first-order valence-electron chi connectivity index (χ1n) is 8.16. The van der Waals surface area contributed by atoms with Crippen molar-refractivity contribution in [1.29, 1.82) is 0 Å². The predicted molar refractivity (Wildman–Crippen MR) is 99.9 cm³/mol. The molecule has 0 spiro atoms. The van der Waals surface area contributed by atoms with E-state index in [1.807, 2.05) is 37.0 Å². The van der Waals surface area contributed by atoms with E-state index in [1.165, 1.54) is 5.56 Å². The second-order valence-electron chi connectivity index (χ2n) is 5.73. The molecule has 0 unspecified atom stereocenters. The van der Waals surface area contributed by atoms with Crippen molar-refractivity contribution in [2.45, 2.75) is 26.3 Å². The van der Waals surface area contributed by atoms with Crippen LogP contribution in [0.15, 0.2) is 36.5 Å². The third-order valence-electron chi connectivity index (χ3n) is 3.88. The number of amides is 1. The van der Waals surface area contributed by atoms with Gasteiger partial charge in [-0.3, -0.25) is 9.48 Å². The van der Waals surface area contributed by atoms with Crippen LogP contribution in [0.1, 0.15) is 35.0 Å². The minimum absolute atomic E-state index is 0. The average molecular weight is 351 g/mol. The van der Waals surface area contributed by atoms with Crippen molar-refractivity contribution < 1.29 is 4.79 Å². The highest BCUT2D eigenvalue weighted by atomic mass is 35.5. The summed E-state index contributed by atoms with van der Waals surface area (Å²) in [7, 11) is 3.72. The number of nitrogens with zero attached hydrogens (tertiary/aromatic N) is 3. The maximum atomic E-state index is 12.7. The lowest BCUT2D eigenvalue weighted by Crippen LogP contribution is -2.33. The molecule has 0 radical (unpaired) electrons. The molecule has 24 heavy (non-hydrogen) atoms. The molecule has 1 amide bonds. The average Bonchev–Trinajstić information content (AvgIpc) is 2.96. The first-order valence-corrected chi connectivity index (χ1v) is 8.16. The van der Waals surface area contributed by atoms with Crippen molar-refractivity contribution in [3.05, 3.63) is 53.3 Å². The van der Waals surface area contributed by atoms with E-state index in [9.17, 15) is 4.79 Å². The Labute approximate surface area is 150 Å². The molecular formula is C18H27ClN4O. The molecule has 0 aliphatic rings. The maximum Gasteiger partial charge on any atom is 0.257 e. The van der Waals surface area contributed by atoms with Crippen LogP contribution in [0, 0.1) is 0 Å². The van der Waals surface area contributed by atoms with Crippen molar-refractivity contribution in [2.24, 2.45) is 0 Å². The van der Waals surface area contributed by atoms with Gasteiger partial charge < -0.3 is 10.2 Å². The van der Waals surface area contributed by atoms with Crippen LogP contribution in [0.4, 0.5) is 0 Å². The van der Waals surface area contributed by atoms with Gasteiger partial charge in [0.1, 0.15) is 0 Å². The zero-order valence-electron chi connectivity index (χ0n) is 14.7. The van der Waals surface area contributed by atoms with Crippen LogP contribution in [0.5, 0.6) is 0 Å². The lowest BCUT2D eigenvalue weighted by atomic mass is 10.1. The molecule has 0 saturated heterocycles. The Morgan fingerprint density at radius 3 is 2.62 bits per heavy atom. The zero-order chi connectivity index (χ0) is 16.7. The summed E-state index contributed by atoms with van der Waals surface area (Å²) in [5.41, 5.74) is 2.94. The Kier molecular flexibility index (Phi) is 8.50. The number of hydrogen-bond acceptors (Lipinski definition) is 3. The fourth-order valence-electron chi connectivity index (χ4n) is 2.57. The van der Waals surface area contributed by atoms with Gasteiger partial charge in [0, 0.05) is 20.1 Å². The van der Waals surface area contributed by atoms with E-state index >= 15 is 0 Å². The number of aromatic nitrogens is 2. The van der Waals surface area contributed by atoms with E-state index in [4.69, 9.17) is 0 Å². The second-order valence-corrected chi connectivity index (χ2v) is 5.73. The molecule has 0 bridgehead atoms. The summed E-state index contributed by atoms with van der Waals surface area (Å²) in [5, 5.41) is 7.54. The smallest absolute Gasteiger partial charge is 0.257 e. The van der Waals surface area contributed by atoms with Gasteiger partial charge >= 0.3 is 0 Å². The molecule has 0 aliphatic heterocycles. The third-order valence-corrected chi connectivity index (χ3v) is 3.88. The quantitative estimate of drug-likeness (QED) is 0.796. The number of nitrogens with one attached hydrogen (secondary N) is 1. The highest BCUT2D eigenvalue weighted by Crippen LogP contribution is 2.15. The number of benzene rings is 1. The first-order chi connectivity index (χ1) is 11.2. The second kappa shape index (κ2) is 10.1. The number of likely N-dealkylation sites (N-methyl/N-ethyl adjacent to an activating group) is 2. The lowest BCUT2D eigenvalue weighted by Gasteiger charge is -2.17. The summed E-state index contributed by atoms with van der Waals surface area (Å²) in [6.45, 7) is 4.29. The molecule has 0 saturated carbocycles. The lowest BCUT2D eigenvalue weighted by molar-refractivity contribution is 0.0795. The largest absolute Gasteiger partial charge is 0.340 e. The van der Waals surface area contributed by atoms with Crippen molar-refractivity contribution >= 4 is 18.3 Å². The molecular weight excluding hydrogens is 324 g/mol. The zero-order valence-corrected chi connectivity index (χ0v) is 15.5. The Hall–Kier alpha value is -1.85. The molecule has 0 fully saturated rings. The maximum absolute atomic E-state index is 12.7. The third kappa shape index (κ3) is 5.08. The van der Waals surface area contributed by atoms with Gasteiger partial charge in [0.2, 0.25) is 0 Å². The Morgan fingerprint density at radius 1 is 1.29 bits per heavy atom. The van der Waals surface area contributed by atoms with E-state index < -0.39 is 0 Å². The summed E-state index contributed by atoms with van der Waals surface area (Å²) < 4.78 is 1.96. The number of hydrogen-bond donors (Lipinski definition) is 1. The number of rotatable bonds is 8. The molecule has 1 aromatic heterocycles. The standard InChI is InChI=1S/C18H26N4O.ClH/c1-4-8-17-16(18(23)21(3)12-11-19-2)13-20-22(17)14-15-9-6-5-7-10-15;/h5-7,9-10,13,19H,4,8,11-12,14H2,1-3H3;1H. The van der Waals surface area contributed by atoms with Gasteiger partial charge in [-0.1, -0.05) is 43.7 Å². The molecule has 2 aromatic rings. The Balaban J connectivity index is 0.00000288. The Morgan fingerprint density at radius 2 is 2.00 bits per heavy atom. The topological polar surface area (TPSA) is 50.2 Å². The normalized spacial score (nSPS) is 10.3. The van der Waals surface area contributed by atoms with Crippen LogP contribution < -0.4 is 5.32 Å². The van der Waals surface area contributed by atoms with E-state index in [2.05, 4.69) is 29.5 Å². The van der Waals surface area contributed by atoms with Crippen LogP contribution in [-0.4, -0.2) is 47.8 Å². The van der Waals surface area contributed by atoms with Crippen molar-refractivity contribution in [1.82, 2.24) is 20.0 Å². The van der Waals surface area contributed by atoms with Gasteiger partial charge in [-0.05, 0) is 19.0 Å². The van der Waals surface area contributed by atoms with Crippen LogP contribution in [0.2, 0.25) is 0 Å². The van der Waals surface area contributed by atoms with Crippen LogP contribution in [-0.2, 0) is 13.0 Å². The van der Waals surface area contributed by atoms with Gasteiger partial charge in [0.05, 0.1) is 24.0 Å². The summed E-state index contributed by atoms with van der Waals surface area (Å²) in [6, 6.07) is 10.2. The van der Waals surface area contributed by atoms with Crippen molar-refractivity contribution in [2.75, 3.05) is 27.2 Å². The fraction of sp³-hybridized carbons (Fsp3) is 0.444. The molecule has 1 N–H and O–H groups in total. The number of carbonyl (C=O) groups is 1. The molecule has 0 aliphatic carbocycles. The monoisotopic (exact) mass is 350 g/mol. The predicted octanol–water partition coefficient (Wildman–Crippen LogP) is 2.60. The Bertz CT molecular complexity index is 627. The van der Waals surface area contributed by atoms with E-state index in [0.29, 0.717) is 13.1 Å². The molecule has 1 heterocycles. The van der Waals surface area contributed by atoms with Crippen molar-refractivity contribution in [3.63, 3.8) is 0 Å². The minimum Gasteiger partial charge on any atom is -0.340 e. The number of carbonyl (C=O) groups excluding carboxylic acids is 1. The molecule has 2 rings (SSSR count). The van der Waals surface area contributed by atoms with E-state index in [0.717, 1.165) is 30.6 Å². The molecule has 6 heteroatoms. The fourth-order valence-corrected chi connectivity index (χ4v) is 2.57. The number of halogens is 1. The molecule has 132 valence electrons. The van der Waals surface area contributed by atoms with Gasteiger partial charge in [-0.15, -0.1) is 12.4 Å². The van der Waals surface area contributed by atoms with Crippen LogP contribution in [0.25, 0.3) is 0 Å². The van der Waals surface area contributed by atoms with Crippen LogP contribution in [0.3, 0.4) is 0 Å². The summed E-state index contributed by atoms with van der Waals surface area (Å²) in [6.07, 6.45) is 3.56. The van der Waals surface area contributed by atoms with Crippen molar-refractivity contribution in [3.8, 4) is 0 Å². The van der Waals surface area contributed by atoms with E-state index in [1.54, 1.807) is 11.1 Å². The minimum atomic E-state index is 0. The van der Waals surface area contributed by atoms with Gasteiger partial charge in [-0.25, -0.2) is 0 Å². The van der Waals surface area contributed by atoms with Gasteiger partial charge in [-0.2, -0.15) is 5.10 Å². The summed E-state index contributed by atoms with van der Waals surface area (Å²) >= 11 is 0. The molecule has 5 nitrogen and oxygen atoms in total. The van der Waals surface area contributed by atoms with Gasteiger partial charge in [0.15, 0.2) is 0 Å². The summed E-state index contributed by atoms with van der Waals surface area (Å²) in [5.74, 6) is 0.0445. The van der Waals surface area contributed by atoms with E-state index in [-0.39, 0.29) is 18.3 Å². The highest BCUT2D eigenvalue weighted by molar-refractivity contribution is 5.95. The van der Waals surface area contributed by atoms with Crippen LogP contribution >= 0.6 is 12.4 Å². The molecule has 1 aromatic carbocycles. The first kappa shape index (κ1) is 20.2. The summed E-state index contributed by atoms with van der Waals surface area (Å²) in [4.78, 5) is 14.4.